The molecule has 3 amide bonds. The zero-order chi connectivity index (χ0) is 27.2. The summed E-state index contributed by atoms with van der Waals surface area (Å²) in [7, 11) is 1.44. The smallest absolute Gasteiger partial charge is 0.305 e. The molecule has 0 fully saturated rings. The Labute approximate surface area is 217 Å². The van der Waals surface area contributed by atoms with Crippen LogP contribution in [0.25, 0.3) is 0 Å². The summed E-state index contributed by atoms with van der Waals surface area (Å²) in [6.07, 6.45) is 1.86. The van der Waals surface area contributed by atoms with Crippen LogP contribution in [0.15, 0.2) is 58.0 Å². The minimum absolute atomic E-state index is 0.00838. The SMILES string of the molecule is COc1ccccc1C(=O)NNC(=O)c1oc2c(c1C)/C(=N/NC(=O)Cc1ccc([N+](=O)[O-])cc1)CCC2. The number of amides is 3. The Bertz CT molecular complexity index is 1430. The number of nitrogens with one attached hydrogen (secondary N) is 3. The molecule has 0 saturated carbocycles. The second-order valence-corrected chi connectivity index (χ2v) is 8.51. The zero-order valence-electron chi connectivity index (χ0n) is 20.7. The summed E-state index contributed by atoms with van der Waals surface area (Å²) in [6, 6.07) is 12.3. The van der Waals surface area contributed by atoms with Gasteiger partial charge >= 0.3 is 5.91 Å². The number of rotatable bonds is 7. The average molecular weight is 520 g/mol. The Morgan fingerprint density at radius 2 is 1.76 bits per heavy atom. The molecular weight excluding hydrogens is 494 g/mol. The molecule has 0 saturated heterocycles. The van der Waals surface area contributed by atoms with Crippen LogP contribution in [0.3, 0.4) is 0 Å². The van der Waals surface area contributed by atoms with Crippen molar-refractivity contribution in [2.45, 2.75) is 32.6 Å². The zero-order valence-corrected chi connectivity index (χ0v) is 20.7. The molecule has 3 N–H and O–H groups in total. The Kier molecular flexibility index (Phi) is 7.80. The lowest BCUT2D eigenvalue weighted by molar-refractivity contribution is -0.384. The third-order valence-electron chi connectivity index (χ3n) is 6.00. The van der Waals surface area contributed by atoms with E-state index in [9.17, 15) is 24.5 Å². The van der Waals surface area contributed by atoms with Gasteiger partial charge < -0.3 is 9.15 Å². The highest BCUT2D eigenvalue weighted by molar-refractivity contribution is 6.07. The first-order valence-electron chi connectivity index (χ1n) is 11.7. The van der Waals surface area contributed by atoms with Crippen molar-refractivity contribution in [1.82, 2.24) is 16.3 Å². The van der Waals surface area contributed by atoms with Crippen LogP contribution in [0.1, 0.15) is 56.2 Å². The molecule has 12 heteroatoms. The number of ether oxygens (including phenoxy) is 1. The summed E-state index contributed by atoms with van der Waals surface area (Å²) < 4.78 is 11.0. The molecule has 3 aromatic rings. The predicted molar refractivity (Wildman–Crippen MR) is 136 cm³/mol. The van der Waals surface area contributed by atoms with E-state index >= 15 is 0 Å². The number of carbonyl (C=O) groups is 3. The number of hydrazone groups is 1. The number of aryl methyl sites for hydroxylation is 1. The van der Waals surface area contributed by atoms with E-state index in [0.717, 1.165) is 0 Å². The number of nitrogens with zero attached hydrogens (tertiary/aromatic N) is 2. The minimum atomic E-state index is -0.637. The van der Waals surface area contributed by atoms with Crippen LogP contribution in [-0.4, -0.2) is 35.5 Å². The van der Waals surface area contributed by atoms with Crippen LogP contribution in [0.5, 0.6) is 5.75 Å². The molecule has 38 heavy (non-hydrogen) atoms. The number of methoxy groups -OCH3 is 1. The van der Waals surface area contributed by atoms with Gasteiger partial charge in [0.1, 0.15) is 11.5 Å². The maximum Gasteiger partial charge on any atom is 0.305 e. The molecule has 1 aliphatic rings. The Morgan fingerprint density at radius 1 is 1.05 bits per heavy atom. The molecule has 0 aliphatic heterocycles. The number of hydrazine groups is 1. The number of hydrogen-bond acceptors (Lipinski definition) is 8. The quantitative estimate of drug-likeness (QED) is 0.319. The van der Waals surface area contributed by atoms with Crippen molar-refractivity contribution >= 4 is 29.1 Å². The number of benzene rings is 2. The number of nitro groups is 1. The van der Waals surface area contributed by atoms with Crippen LogP contribution in [0, 0.1) is 17.0 Å². The first-order chi connectivity index (χ1) is 18.3. The summed E-state index contributed by atoms with van der Waals surface area (Å²) in [5.74, 6) is -0.623. The lowest BCUT2D eigenvalue weighted by Crippen LogP contribution is -2.41. The summed E-state index contributed by atoms with van der Waals surface area (Å²) in [6.45, 7) is 1.71. The molecule has 0 radical (unpaired) electrons. The highest BCUT2D eigenvalue weighted by atomic mass is 16.6. The molecule has 196 valence electrons. The number of carbonyl (C=O) groups excluding carboxylic acids is 3. The van der Waals surface area contributed by atoms with Gasteiger partial charge in [0.05, 0.1) is 29.7 Å². The summed E-state index contributed by atoms with van der Waals surface area (Å²) in [5, 5.41) is 15.1. The Balaban J connectivity index is 1.42. The van der Waals surface area contributed by atoms with E-state index in [1.165, 1.54) is 31.4 Å². The van der Waals surface area contributed by atoms with Crippen LogP contribution < -0.4 is 21.0 Å². The molecule has 2 aromatic carbocycles. The van der Waals surface area contributed by atoms with Gasteiger partial charge in [-0.15, -0.1) is 0 Å². The molecule has 0 bridgehead atoms. The highest BCUT2D eigenvalue weighted by Gasteiger charge is 2.28. The molecule has 0 atom stereocenters. The van der Waals surface area contributed by atoms with E-state index in [0.29, 0.717) is 53.2 Å². The number of para-hydroxylation sites is 1. The van der Waals surface area contributed by atoms with Crippen LogP contribution in [0.2, 0.25) is 0 Å². The summed E-state index contributed by atoms with van der Waals surface area (Å²) in [4.78, 5) is 48.0. The van der Waals surface area contributed by atoms with E-state index in [1.807, 2.05) is 0 Å². The molecule has 4 rings (SSSR count). The molecule has 1 aromatic heterocycles. The van der Waals surface area contributed by atoms with E-state index < -0.39 is 22.6 Å². The van der Waals surface area contributed by atoms with E-state index in [4.69, 9.17) is 9.15 Å². The third-order valence-corrected chi connectivity index (χ3v) is 6.00. The van der Waals surface area contributed by atoms with Crippen molar-refractivity contribution in [3.05, 3.63) is 92.4 Å². The first kappa shape index (κ1) is 26.1. The van der Waals surface area contributed by atoms with Gasteiger partial charge in [-0.2, -0.15) is 5.10 Å². The second-order valence-electron chi connectivity index (χ2n) is 8.51. The minimum Gasteiger partial charge on any atom is -0.496 e. The van der Waals surface area contributed by atoms with Gasteiger partial charge in [0, 0.05) is 29.7 Å². The monoisotopic (exact) mass is 519 g/mol. The average Bonchev–Trinajstić information content (AvgIpc) is 3.27. The fraction of sp³-hybridized carbons (Fsp3) is 0.231. The second kappa shape index (κ2) is 11.4. The topological polar surface area (TPSA) is 165 Å². The van der Waals surface area contributed by atoms with Gasteiger partial charge in [-0.25, -0.2) is 5.43 Å². The van der Waals surface area contributed by atoms with E-state index in [-0.39, 0.29) is 23.4 Å². The predicted octanol–water partition coefficient (Wildman–Crippen LogP) is 2.98. The number of furan rings is 1. The van der Waals surface area contributed by atoms with Crippen LogP contribution >= 0.6 is 0 Å². The van der Waals surface area contributed by atoms with Crippen LogP contribution in [-0.2, 0) is 17.6 Å². The van der Waals surface area contributed by atoms with Gasteiger partial charge in [-0.3, -0.25) is 35.3 Å². The Hall–Kier alpha value is -5.00. The van der Waals surface area contributed by atoms with Crippen molar-refractivity contribution in [2.75, 3.05) is 7.11 Å². The standard InChI is InChI=1S/C26H25N5O7/c1-15-23-19(27-28-22(32)14-16-10-12-17(13-11-16)31(35)36)7-5-9-21(23)38-24(15)26(34)30-29-25(33)18-6-3-4-8-20(18)37-2/h3-4,6,8,10-13H,5,7,9,14H2,1-2H3,(H,28,32)(H,29,33)(H,30,34)/b27-19+. The normalized spacial score (nSPS) is 13.4. The maximum absolute atomic E-state index is 12.8. The molecule has 1 heterocycles. The molecule has 0 unspecified atom stereocenters. The van der Waals surface area contributed by atoms with Crippen molar-refractivity contribution in [3.63, 3.8) is 0 Å². The Morgan fingerprint density at radius 3 is 2.47 bits per heavy atom. The van der Waals surface area contributed by atoms with Gasteiger partial charge in [0.15, 0.2) is 5.76 Å². The van der Waals surface area contributed by atoms with E-state index in [2.05, 4.69) is 21.4 Å². The molecular formula is C26H25N5O7. The number of non-ortho nitro benzene ring substituents is 1. The molecule has 0 spiro atoms. The molecule has 12 nitrogen and oxygen atoms in total. The van der Waals surface area contributed by atoms with Gasteiger partial charge in [0.2, 0.25) is 5.91 Å². The van der Waals surface area contributed by atoms with E-state index in [1.54, 1.807) is 31.2 Å². The van der Waals surface area contributed by atoms with Crippen molar-refractivity contribution in [1.29, 1.82) is 0 Å². The summed E-state index contributed by atoms with van der Waals surface area (Å²) in [5.41, 5.74) is 9.79. The van der Waals surface area contributed by atoms with Gasteiger partial charge in [-0.1, -0.05) is 24.3 Å². The lowest BCUT2D eigenvalue weighted by Gasteiger charge is -2.13. The van der Waals surface area contributed by atoms with Crippen molar-refractivity contribution in [2.24, 2.45) is 5.10 Å². The largest absolute Gasteiger partial charge is 0.496 e. The van der Waals surface area contributed by atoms with Gasteiger partial charge in [-0.05, 0) is 37.5 Å². The molecule has 1 aliphatic carbocycles. The number of hydrogen-bond donors (Lipinski definition) is 3. The lowest BCUT2D eigenvalue weighted by atomic mass is 9.93. The van der Waals surface area contributed by atoms with Gasteiger partial charge in [0.25, 0.3) is 11.6 Å². The van der Waals surface area contributed by atoms with Crippen LogP contribution in [0.4, 0.5) is 5.69 Å². The van der Waals surface area contributed by atoms with Crippen molar-refractivity contribution < 1.29 is 28.5 Å². The third kappa shape index (κ3) is 5.69. The fourth-order valence-corrected chi connectivity index (χ4v) is 4.16. The summed E-state index contributed by atoms with van der Waals surface area (Å²) >= 11 is 0. The fourth-order valence-electron chi connectivity index (χ4n) is 4.16. The maximum atomic E-state index is 12.8. The van der Waals surface area contributed by atoms with Crippen molar-refractivity contribution in [3.8, 4) is 5.75 Å². The first-order valence-corrected chi connectivity index (χ1v) is 11.7. The number of fused-ring (bicyclic) bond motifs is 1. The highest BCUT2D eigenvalue weighted by Crippen LogP contribution is 2.30. The number of nitro benzene ring substituents is 1.